The number of ketones is 1. The second-order valence-electron chi connectivity index (χ2n) is 10.1. The number of halogens is 1. The number of carbonyl (C=O) groups is 2. The molecule has 3 saturated carbocycles. The number of hydrogen-bond donors (Lipinski definition) is 0. The molecule has 150 valence electrons. The van der Waals surface area contributed by atoms with E-state index in [9.17, 15) is 9.59 Å². The number of fused-ring (bicyclic) bond motifs is 5. The first-order chi connectivity index (χ1) is 12.7. The van der Waals surface area contributed by atoms with Crippen molar-refractivity contribution in [2.75, 3.05) is 0 Å². The van der Waals surface area contributed by atoms with E-state index in [1.54, 1.807) is 6.92 Å². The molecule has 0 aliphatic heterocycles. The van der Waals surface area contributed by atoms with Crippen LogP contribution in [0.4, 0.5) is 0 Å². The van der Waals surface area contributed by atoms with Crippen LogP contribution >= 0.6 is 11.6 Å². The van der Waals surface area contributed by atoms with Crippen LogP contribution in [0.1, 0.15) is 72.6 Å². The van der Waals surface area contributed by atoms with Crippen molar-refractivity contribution in [3.63, 3.8) is 0 Å². The maximum atomic E-state index is 12.4. The Morgan fingerprint density at radius 1 is 1.15 bits per heavy atom. The molecule has 0 aromatic heterocycles. The molecule has 27 heavy (non-hydrogen) atoms. The highest BCUT2D eigenvalue weighted by Gasteiger charge is 2.61. The lowest BCUT2D eigenvalue weighted by Gasteiger charge is -2.57. The van der Waals surface area contributed by atoms with Gasteiger partial charge in [-0.25, -0.2) is 0 Å². The van der Waals surface area contributed by atoms with Crippen LogP contribution in [0.25, 0.3) is 0 Å². The van der Waals surface area contributed by atoms with Crippen LogP contribution < -0.4 is 0 Å². The van der Waals surface area contributed by atoms with E-state index in [4.69, 9.17) is 16.3 Å². The average molecular weight is 393 g/mol. The minimum atomic E-state index is -0.166. The maximum absolute atomic E-state index is 12.4. The summed E-state index contributed by atoms with van der Waals surface area (Å²) in [6.45, 7) is 8.02. The third-order valence-corrected chi connectivity index (χ3v) is 9.25. The first kappa shape index (κ1) is 19.5. The molecule has 0 amide bonds. The molecular weight excluding hydrogens is 360 g/mol. The van der Waals surface area contributed by atoms with E-state index in [0.29, 0.717) is 17.8 Å². The van der Waals surface area contributed by atoms with Gasteiger partial charge in [-0.2, -0.15) is 0 Å². The molecule has 0 N–H and O–H groups in total. The maximum Gasteiger partial charge on any atom is 0.302 e. The van der Waals surface area contributed by atoms with Crippen molar-refractivity contribution in [3.05, 3.63) is 11.6 Å². The summed E-state index contributed by atoms with van der Waals surface area (Å²) in [4.78, 5) is 23.7. The van der Waals surface area contributed by atoms with E-state index in [-0.39, 0.29) is 40.0 Å². The fourth-order valence-corrected chi connectivity index (χ4v) is 8.31. The van der Waals surface area contributed by atoms with Crippen molar-refractivity contribution in [1.29, 1.82) is 0 Å². The SMILES string of the molecule is CC(=O)O[C@@H]1CC[C@@]2(C)C(=CC[C@@H]3[C@@H]4C[C@H](Cl)[C@@H](C(C)=O)[C@@]4(C)CC[C@@H]32)C1. The summed E-state index contributed by atoms with van der Waals surface area (Å²) < 4.78 is 5.53. The number of allylic oxidation sites excluding steroid dienone is 1. The van der Waals surface area contributed by atoms with E-state index in [2.05, 4.69) is 19.9 Å². The Morgan fingerprint density at radius 3 is 2.56 bits per heavy atom. The standard InChI is InChI=1S/C23H33ClO3/c1-13(25)21-20(24)12-19-17-6-5-15-11-16(27-14(2)26)7-9-22(15,3)18(17)8-10-23(19,21)4/h5,16-21H,6-12H2,1-4H3/t16-,17+,18+,19+,20+,21-,22+,23+/m1/s1. The molecule has 0 aromatic carbocycles. The van der Waals surface area contributed by atoms with Gasteiger partial charge in [-0.05, 0) is 74.0 Å². The summed E-state index contributed by atoms with van der Waals surface area (Å²) in [7, 11) is 0. The lowest BCUT2D eigenvalue weighted by atomic mass is 9.47. The fraction of sp³-hybridized carbons (Fsp3) is 0.826. The Labute approximate surface area is 168 Å². The average Bonchev–Trinajstić information content (AvgIpc) is 2.85. The molecule has 4 aliphatic carbocycles. The zero-order valence-electron chi connectivity index (χ0n) is 17.1. The fourth-order valence-electron chi connectivity index (χ4n) is 7.65. The van der Waals surface area contributed by atoms with Gasteiger partial charge in [0.15, 0.2) is 0 Å². The van der Waals surface area contributed by atoms with Crippen LogP contribution in [0.5, 0.6) is 0 Å². The number of esters is 1. The van der Waals surface area contributed by atoms with Crippen molar-refractivity contribution in [2.24, 2.45) is 34.5 Å². The van der Waals surface area contributed by atoms with Gasteiger partial charge in [0.1, 0.15) is 11.9 Å². The van der Waals surface area contributed by atoms with E-state index >= 15 is 0 Å². The number of rotatable bonds is 2. The van der Waals surface area contributed by atoms with E-state index in [0.717, 1.165) is 38.5 Å². The molecule has 0 bridgehead atoms. The molecule has 0 saturated heterocycles. The van der Waals surface area contributed by atoms with Gasteiger partial charge >= 0.3 is 5.97 Å². The van der Waals surface area contributed by atoms with Crippen LogP contribution in [0, 0.1) is 34.5 Å². The molecule has 0 heterocycles. The number of alkyl halides is 1. The Hall–Kier alpha value is -0.830. The van der Waals surface area contributed by atoms with Crippen LogP contribution in [-0.2, 0) is 14.3 Å². The van der Waals surface area contributed by atoms with E-state index in [1.165, 1.54) is 18.9 Å². The van der Waals surface area contributed by atoms with Crippen molar-refractivity contribution in [3.8, 4) is 0 Å². The zero-order chi connectivity index (χ0) is 19.6. The summed E-state index contributed by atoms with van der Waals surface area (Å²) >= 11 is 6.72. The normalized spacial score (nSPS) is 48.7. The minimum absolute atomic E-state index is 0.00543. The van der Waals surface area contributed by atoms with Crippen molar-refractivity contribution in [2.45, 2.75) is 84.1 Å². The topological polar surface area (TPSA) is 43.4 Å². The highest BCUT2D eigenvalue weighted by Crippen LogP contribution is 2.67. The lowest BCUT2D eigenvalue weighted by Crippen LogP contribution is -2.51. The molecular formula is C23H33ClO3. The summed E-state index contributed by atoms with van der Waals surface area (Å²) in [5.41, 5.74) is 1.79. The van der Waals surface area contributed by atoms with E-state index < -0.39 is 0 Å². The smallest absolute Gasteiger partial charge is 0.302 e. The van der Waals surface area contributed by atoms with Gasteiger partial charge < -0.3 is 4.74 Å². The van der Waals surface area contributed by atoms with Gasteiger partial charge in [-0.15, -0.1) is 11.6 Å². The molecule has 0 unspecified atom stereocenters. The number of ether oxygens (including phenoxy) is 1. The molecule has 8 atom stereocenters. The predicted molar refractivity (Wildman–Crippen MR) is 106 cm³/mol. The van der Waals surface area contributed by atoms with Gasteiger partial charge in [0.2, 0.25) is 0 Å². The Morgan fingerprint density at radius 2 is 1.89 bits per heavy atom. The molecule has 4 rings (SSSR count). The van der Waals surface area contributed by atoms with Gasteiger partial charge in [0.05, 0.1) is 0 Å². The Bertz CT molecular complexity index is 685. The molecule has 0 radical (unpaired) electrons. The first-order valence-corrected chi connectivity index (χ1v) is 11.1. The molecule has 3 fully saturated rings. The van der Waals surface area contributed by atoms with Gasteiger partial charge in [0, 0.05) is 24.6 Å². The second-order valence-corrected chi connectivity index (χ2v) is 10.7. The van der Waals surface area contributed by atoms with Gasteiger partial charge in [-0.1, -0.05) is 25.5 Å². The summed E-state index contributed by atoms with van der Waals surface area (Å²) in [5.74, 6) is 1.98. The molecule has 0 spiro atoms. The first-order valence-electron chi connectivity index (χ1n) is 10.7. The van der Waals surface area contributed by atoms with Gasteiger partial charge in [0.25, 0.3) is 0 Å². The molecule has 3 nitrogen and oxygen atoms in total. The van der Waals surface area contributed by atoms with Crippen molar-refractivity contribution < 1.29 is 14.3 Å². The van der Waals surface area contributed by atoms with Crippen LogP contribution in [0.15, 0.2) is 11.6 Å². The Balaban J connectivity index is 1.61. The van der Waals surface area contributed by atoms with Crippen molar-refractivity contribution in [1.82, 2.24) is 0 Å². The van der Waals surface area contributed by atoms with Gasteiger partial charge in [-0.3, -0.25) is 9.59 Å². The number of hydrogen-bond acceptors (Lipinski definition) is 3. The lowest BCUT2D eigenvalue weighted by molar-refractivity contribution is -0.149. The van der Waals surface area contributed by atoms with E-state index in [1.807, 2.05) is 0 Å². The summed E-state index contributed by atoms with van der Waals surface area (Å²) in [6.07, 6.45) is 9.85. The second kappa shape index (κ2) is 6.61. The van der Waals surface area contributed by atoms with Crippen LogP contribution in [-0.4, -0.2) is 23.2 Å². The summed E-state index contributed by atoms with van der Waals surface area (Å²) in [6, 6.07) is 0. The van der Waals surface area contributed by atoms with Crippen LogP contribution in [0.2, 0.25) is 0 Å². The highest BCUT2D eigenvalue weighted by molar-refractivity contribution is 6.22. The predicted octanol–water partition coefficient (Wildman–Crippen LogP) is 5.30. The van der Waals surface area contributed by atoms with Crippen LogP contribution in [0.3, 0.4) is 0 Å². The third-order valence-electron chi connectivity index (χ3n) is 8.82. The zero-order valence-corrected chi connectivity index (χ0v) is 17.8. The summed E-state index contributed by atoms with van der Waals surface area (Å²) in [5, 5.41) is -0.00543. The largest absolute Gasteiger partial charge is 0.462 e. The highest BCUT2D eigenvalue weighted by atomic mass is 35.5. The van der Waals surface area contributed by atoms with Crippen molar-refractivity contribution >= 4 is 23.4 Å². The minimum Gasteiger partial charge on any atom is -0.462 e. The monoisotopic (exact) mass is 392 g/mol. The molecule has 0 aromatic rings. The quantitative estimate of drug-likeness (QED) is 0.363. The Kier molecular flexibility index (Phi) is 4.77. The number of Topliss-reactive ketones (excluding diaryl/α,β-unsaturated/α-hetero) is 1. The third kappa shape index (κ3) is 2.91. The molecule has 4 heteroatoms. The number of carbonyl (C=O) groups excluding carboxylic acids is 2. The molecule has 4 aliphatic rings.